The van der Waals surface area contributed by atoms with Crippen LogP contribution in [0.2, 0.25) is 0 Å². The van der Waals surface area contributed by atoms with Crippen LogP contribution in [0.1, 0.15) is 51.0 Å². The Morgan fingerprint density at radius 2 is 2.14 bits per heavy atom. The Bertz CT molecular complexity index is 473. The third kappa shape index (κ3) is 4.74. The Labute approximate surface area is 126 Å². The van der Waals surface area contributed by atoms with Crippen LogP contribution in [-0.4, -0.2) is 29.8 Å². The Morgan fingerprint density at radius 3 is 2.86 bits per heavy atom. The van der Waals surface area contributed by atoms with E-state index in [1.807, 2.05) is 18.2 Å². The van der Waals surface area contributed by atoms with E-state index < -0.39 is 6.10 Å². The van der Waals surface area contributed by atoms with Crippen molar-refractivity contribution in [1.29, 1.82) is 0 Å². The van der Waals surface area contributed by atoms with Crippen LogP contribution in [0, 0.1) is 0 Å². The van der Waals surface area contributed by atoms with E-state index in [0.717, 1.165) is 25.7 Å². The first-order valence-electron chi connectivity index (χ1n) is 7.76. The van der Waals surface area contributed by atoms with E-state index in [1.54, 1.807) is 0 Å². The third-order valence-electron chi connectivity index (χ3n) is 3.97. The largest absolute Gasteiger partial charge is 0.484 e. The number of hydrogen-bond acceptors (Lipinski definition) is 3. The standard InChI is InChI=1S/C17H25NO3/c1-12(2)13-6-5-7-14(10-13)21-11-17(20)18-15-8-3-4-9-16(15)19/h5-7,10,12,15-16,19H,3-4,8-9,11H2,1-2H3,(H,18,20)/t15-,16-/m1/s1. The Kier molecular flexibility index (Phi) is 5.62. The highest BCUT2D eigenvalue weighted by molar-refractivity contribution is 5.77. The highest BCUT2D eigenvalue weighted by Gasteiger charge is 2.24. The highest BCUT2D eigenvalue weighted by Crippen LogP contribution is 2.20. The minimum Gasteiger partial charge on any atom is -0.484 e. The maximum Gasteiger partial charge on any atom is 0.258 e. The number of ether oxygens (including phenoxy) is 1. The SMILES string of the molecule is CC(C)c1cccc(OCC(=O)N[C@@H]2CCCC[C@H]2O)c1. The van der Waals surface area contributed by atoms with Gasteiger partial charge in [-0.15, -0.1) is 0 Å². The molecule has 1 aliphatic carbocycles. The molecule has 2 atom stereocenters. The number of aliphatic hydroxyl groups is 1. The molecule has 21 heavy (non-hydrogen) atoms. The second kappa shape index (κ2) is 7.46. The van der Waals surface area contributed by atoms with E-state index in [1.165, 1.54) is 5.56 Å². The van der Waals surface area contributed by atoms with Gasteiger partial charge in [-0.2, -0.15) is 0 Å². The highest BCUT2D eigenvalue weighted by atomic mass is 16.5. The molecule has 0 aliphatic heterocycles. The number of rotatable bonds is 5. The van der Waals surface area contributed by atoms with Crippen molar-refractivity contribution in [3.8, 4) is 5.75 Å². The molecule has 0 saturated heterocycles. The van der Waals surface area contributed by atoms with Crippen molar-refractivity contribution in [3.05, 3.63) is 29.8 Å². The average molecular weight is 291 g/mol. The molecule has 1 amide bonds. The van der Waals surface area contributed by atoms with Crippen LogP contribution >= 0.6 is 0 Å². The second-order valence-electron chi connectivity index (χ2n) is 6.04. The van der Waals surface area contributed by atoms with Crippen LogP contribution < -0.4 is 10.1 Å². The fraction of sp³-hybridized carbons (Fsp3) is 0.588. The zero-order valence-corrected chi connectivity index (χ0v) is 12.8. The molecule has 0 heterocycles. The summed E-state index contributed by atoms with van der Waals surface area (Å²) in [5, 5.41) is 12.7. The van der Waals surface area contributed by atoms with Gasteiger partial charge in [0.1, 0.15) is 5.75 Å². The molecule has 2 N–H and O–H groups in total. The normalized spacial score (nSPS) is 22.1. The van der Waals surface area contributed by atoms with Crippen molar-refractivity contribution < 1.29 is 14.6 Å². The minimum atomic E-state index is -0.424. The minimum absolute atomic E-state index is 0.00916. The zero-order chi connectivity index (χ0) is 15.2. The Balaban J connectivity index is 1.82. The number of aliphatic hydroxyl groups excluding tert-OH is 1. The molecule has 0 aromatic heterocycles. The molecule has 0 spiro atoms. The maximum absolute atomic E-state index is 11.9. The van der Waals surface area contributed by atoms with Crippen LogP contribution in [0.5, 0.6) is 5.75 Å². The summed E-state index contributed by atoms with van der Waals surface area (Å²) in [7, 11) is 0. The summed E-state index contributed by atoms with van der Waals surface area (Å²) in [5.74, 6) is 0.969. The molecule has 1 aromatic rings. The van der Waals surface area contributed by atoms with Crippen molar-refractivity contribution in [2.45, 2.75) is 57.6 Å². The number of carbonyl (C=O) groups excluding carboxylic acids is 1. The summed E-state index contributed by atoms with van der Waals surface area (Å²) < 4.78 is 5.54. The lowest BCUT2D eigenvalue weighted by Crippen LogP contribution is -2.46. The van der Waals surface area contributed by atoms with Gasteiger partial charge in [0.2, 0.25) is 0 Å². The number of carbonyl (C=O) groups is 1. The summed E-state index contributed by atoms with van der Waals surface area (Å²) in [4.78, 5) is 11.9. The quantitative estimate of drug-likeness (QED) is 0.876. The van der Waals surface area contributed by atoms with E-state index in [4.69, 9.17) is 4.74 Å². The van der Waals surface area contributed by atoms with Crippen molar-refractivity contribution in [3.63, 3.8) is 0 Å². The van der Waals surface area contributed by atoms with Crippen molar-refractivity contribution in [2.24, 2.45) is 0 Å². The average Bonchev–Trinajstić information content (AvgIpc) is 2.48. The number of benzene rings is 1. The predicted molar refractivity (Wildman–Crippen MR) is 82.4 cm³/mol. The monoisotopic (exact) mass is 291 g/mol. The molecule has 1 saturated carbocycles. The molecule has 0 radical (unpaired) electrons. The molecule has 1 aromatic carbocycles. The van der Waals surface area contributed by atoms with Gasteiger partial charge < -0.3 is 15.2 Å². The third-order valence-corrected chi connectivity index (χ3v) is 3.97. The van der Waals surface area contributed by atoms with Crippen LogP contribution in [0.15, 0.2) is 24.3 Å². The van der Waals surface area contributed by atoms with E-state index in [-0.39, 0.29) is 18.6 Å². The van der Waals surface area contributed by atoms with Crippen molar-refractivity contribution in [2.75, 3.05) is 6.61 Å². The summed E-state index contributed by atoms with van der Waals surface area (Å²) in [6.45, 7) is 4.23. The van der Waals surface area contributed by atoms with Gasteiger partial charge in [-0.05, 0) is 36.5 Å². The van der Waals surface area contributed by atoms with E-state index >= 15 is 0 Å². The van der Waals surface area contributed by atoms with Gasteiger partial charge in [0.25, 0.3) is 5.91 Å². The fourth-order valence-electron chi connectivity index (χ4n) is 2.64. The molecule has 116 valence electrons. The molecular weight excluding hydrogens is 266 g/mol. The smallest absolute Gasteiger partial charge is 0.258 e. The molecule has 0 unspecified atom stereocenters. The van der Waals surface area contributed by atoms with Gasteiger partial charge >= 0.3 is 0 Å². The van der Waals surface area contributed by atoms with Crippen molar-refractivity contribution >= 4 is 5.91 Å². The van der Waals surface area contributed by atoms with E-state index in [0.29, 0.717) is 11.7 Å². The number of hydrogen-bond donors (Lipinski definition) is 2. The Hall–Kier alpha value is -1.55. The van der Waals surface area contributed by atoms with Gasteiger partial charge in [0.05, 0.1) is 12.1 Å². The lowest BCUT2D eigenvalue weighted by molar-refractivity contribution is -0.125. The van der Waals surface area contributed by atoms with Gasteiger partial charge in [0, 0.05) is 0 Å². The first-order chi connectivity index (χ1) is 10.1. The van der Waals surface area contributed by atoms with Crippen molar-refractivity contribution in [1.82, 2.24) is 5.32 Å². The summed E-state index contributed by atoms with van der Waals surface area (Å²) in [6.07, 6.45) is 3.27. The van der Waals surface area contributed by atoms with Gasteiger partial charge in [-0.3, -0.25) is 4.79 Å². The summed E-state index contributed by atoms with van der Waals surface area (Å²) >= 11 is 0. The topological polar surface area (TPSA) is 58.6 Å². The Morgan fingerprint density at radius 1 is 1.38 bits per heavy atom. The lowest BCUT2D eigenvalue weighted by atomic mass is 9.92. The zero-order valence-electron chi connectivity index (χ0n) is 12.8. The van der Waals surface area contributed by atoms with Gasteiger partial charge in [0.15, 0.2) is 6.61 Å². The van der Waals surface area contributed by atoms with Crippen LogP contribution in [0.4, 0.5) is 0 Å². The van der Waals surface area contributed by atoms with Gasteiger partial charge in [-0.1, -0.05) is 38.8 Å². The summed E-state index contributed by atoms with van der Waals surface area (Å²) in [6, 6.07) is 7.68. The lowest BCUT2D eigenvalue weighted by Gasteiger charge is -2.28. The van der Waals surface area contributed by atoms with Gasteiger partial charge in [-0.25, -0.2) is 0 Å². The van der Waals surface area contributed by atoms with Crippen LogP contribution in [0.3, 0.4) is 0 Å². The molecular formula is C17H25NO3. The van der Waals surface area contributed by atoms with Crippen LogP contribution in [0.25, 0.3) is 0 Å². The summed E-state index contributed by atoms with van der Waals surface area (Å²) in [5.41, 5.74) is 1.19. The second-order valence-corrected chi connectivity index (χ2v) is 6.04. The van der Waals surface area contributed by atoms with Crippen LogP contribution in [-0.2, 0) is 4.79 Å². The number of amides is 1. The molecule has 1 aliphatic rings. The molecule has 1 fully saturated rings. The predicted octanol–water partition coefficient (Wildman–Crippen LogP) is 2.61. The first-order valence-corrected chi connectivity index (χ1v) is 7.76. The molecule has 0 bridgehead atoms. The number of nitrogens with one attached hydrogen (secondary N) is 1. The molecule has 2 rings (SSSR count). The van der Waals surface area contributed by atoms with E-state index in [9.17, 15) is 9.90 Å². The first kappa shape index (κ1) is 15.8. The fourth-order valence-corrected chi connectivity index (χ4v) is 2.64. The van der Waals surface area contributed by atoms with E-state index in [2.05, 4.69) is 25.2 Å². The maximum atomic E-state index is 11.9. The molecule has 4 heteroatoms. The molecule has 4 nitrogen and oxygen atoms in total.